The molecule has 148 valence electrons. The molecule has 26 heavy (non-hydrogen) atoms. The van der Waals surface area contributed by atoms with E-state index < -0.39 is 17.1 Å². The molecule has 4 heteroatoms. The van der Waals surface area contributed by atoms with E-state index in [-0.39, 0.29) is 29.1 Å². The molecule has 0 saturated heterocycles. The number of Topliss-reactive ketones (excluding diaryl/α,β-unsaturated/α-hetero) is 1. The van der Waals surface area contributed by atoms with Crippen molar-refractivity contribution in [3.8, 4) is 0 Å². The Labute approximate surface area is 157 Å². The van der Waals surface area contributed by atoms with Crippen LogP contribution in [0.2, 0.25) is 0 Å². The fourth-order valence-corrected chi connectivity index (χ4v) is 8.44. The normalized spacial score (nSPS) is 59.3. The summed E-state index contributed by atoms with van der Waals surface area (Å²) in [6.07, 6.45) is 5.56. The zero-order valence-electron chi connectivity index (χ0n) is 16.7. The fourth-order valence-electron chi connectivity index (χ4n) is 8.44. The van der Waals surface area contributed by atoms with Gasteiger partial charge >= 0.3 is 0 Å². The largest absolute Gasteiger partial charge is 0.393 e. The lowest BCUT2D eigenvalue weighted by Crippen LogP contribution is -2.63. The third-order valence-corrected chi connectivity index (χ3v) is 9.69. The molecule has 0 radical (unpaired) electrons. The van der Waals surface area contributed by atoms with E-state index in [2.05, 4.69) is 13.8 Å². The first-order valence-electron chi connectivity index (χ1n) is 10.6. The van der Waals surface area contributed by atoms with Gasteiger partial charge in [0.15, 0.2) is 5.78 Å². The summed E-state index contributed by atoms with van der Waals surface area (Å²) in [5.74, 6) is 1.19. The number of fused-ring (bicyclic) bond motifs is 5. The van der Waals surface area contributed by atoms with Crippen LogP contribution >= 0.6 is 0 Å². The van der Waals surface area contributed by atoms with Crippen molar-refractivity contribution in [3.63, 3.8) is 0 Å². The Morgan fingerprint density at radius 3 is 2.42 bits per heavy atom. The summed E-state index contributed by atoms with van der Waals surface area (Å²) in [5.41, 5.74) is -1.77. The predicted octanol–water partition coefficient (Wildman–Crippen LogP) is 2.93. The van der Waals surface area contributed by atoms with Gasteiger partial charge < -0.3 is 15.3 Å². The third-order valence-electron chi connectivity index (χ3n) is 9.69. The van der Waals surface area contributed by atoms with E-state index in [4.69, 9.17) is 0 Å². The monoisotopic (exact) mass is 364 g/mol. The lowest BCUT2D eigenvalue weighted by atomic mass is 9.43. The Bertz CT molecular complexity index is 605. The molecule has 4 fully saturated rings. The number of aliphatic hydroxyl groups excluding tert-OH is 2. The van der Waals surface area contributed by atoms with Crippen molar-refractivity contribution in [3.05, 3.63) is 0 Å². The minimum Gasteiger partial charge on any atom is -0.393 e. The van der Waals surface area contributed by atoms with Gasteiger partial charge in [-0.3, -0.25) is 4.79 Å². The molecule has 4 saturated carbocycles. The molecule has 4 aliphatic rings. The number of carbonyl (C=O) groups is 1. The summed E-state index contributed by atoms with van der Waals surface area (Å²) in [5, 5.41) is 32.9. The van der Waals surface area contributed by atoms with Crippen LogP contribution in [0, 0.1) is 40.4 Å². The van der Waals surface area contributed by atoms with E-state index in [1.807, 2.05) is 6.92 Å². The fraction of sp³-hybridized carbons (Fsp3) is 0.955. The van der Waals surface area contributed by atoms with E-state index in [1.165, 1.54) is 6.92 Å². The summed E-state index contributed by atoms with van der Waals surface area (Å²) < 4.78 is 0. The van der Waals surface area contributed by atoms with Gasteiger partial charge in [0.2, 0.25) is 0 Å². The van der Waals surface area contributed by atoms with Crippen LogP contribution in [0.15, 0.2) is 0 Å². The van der Waals surface area contributed by atoms with Gasteiger partial charge in [0.1, 0.15) is 5.60 Å². The summed E-state index contributed by atoms with van der Waals surface area (Å²) in [6, 6.07) is 0. The summed E-state index contributed by atoms with van der Waals surface area (Å²) >= 11 is 0. The number of aliphatic hydroxyl groups is 3. The molecule has 0 spiro atoms. The molecule has 0 unspecified atom stereocenters. The Kier molecular flexibility index (Phi) is 4.20. The van der Waals surface area contributed by atoms with Gasteiger partial charge in [0, 0.05) is 5.41 Å². The second-order valence-corrected chi connectivity index (χ2v) is 10.7. The van der Waals surface area contributed by atoms with Crippen LogP contribution in [0.4, 0.5) is 0 Å². The van der Waals surface area contributed by atoms with Gasteiger partial charge in [0.05, 0.1) is 12.2 Å². The second-order valence-electron chi connectivity index (χ2n) is 10.7. The van der Waals surface area contributed by atoms with Crippen molar-refractivity contribution in [1.82, 2.24) is 0 Å². The van der Waals surface area contributed by atoms with E-state index in [0.29, 0.717) is 24.2 Å². The molecule has 3 N–H and O–H groups in total. The van der Waals surface area contributed by atoms with Gasteiger partial charge in [-0.2, -0.15) is 0 Å². The zero-order valence-corrected chi connectivity index (χ0v) is 16.7. The number of hydrogen-bond donors (Lipinski definition) is 3. The van der Waals surface area contributed by atoms with E-state index >= 15 is 0 Å². The van der Waals surface area contributed by atoms with Crippen LogP contribution in [-0.2, 0) is 4.79 Å². The van der Waals surface area contributed by atoms with Crippen molar-refractivity contribution in [2.24, 2.45) is 40.4 Å². The number of ketones is 1. The highest BCUT2D eigenvalue weighted by atomic mass is 16.3. The molecule has 0 bridgehead atoms. The molecule has 0 heterocycles. The molecule has 4 aliphatic carbocycles. The molecule has 0 aromatic carbocycles. The highest BCUT2D eigenvalue weighted by Gasteiger charge is 2.70. The summed E-state index contributed by atoms with van der Waals surface area (Å²) in [6.45, 7) is 7.92. The van der Waals surface area contributed by atoms with Gasteiger partial charge in [-0.15, -0.1) is 0 Å². The Hall–Kier alpha value is -0.450. The molecule has 0 aromatic heterocycles. The third kappa shape index (κ3) is 2.15. The maximum absolute atomic E-state index is 12.5. The average Bonchev–Trinajstić information content (AvgIpc) is 2.76. The van der Waals surface area contributed by atoms with Crippen molar-refractivity contribution in [2.45, 2.75) is 90.4 Å². The molecule has 0 aliphatic heterocycles. The summed E-state index contributed by atoms with van der Waals surface area (Å²) in [4.78, 5) is 12.5. The molecule has 0 amide bonds. The Morgan fingerprint density at radius 2 is 1.77 bits per heavy atom. The first-order valence-corrected chi connectivity index (χ1v) is 10.6. The van der Waals surface area contributed by atoms with Gasteiger partial charge in [-0.05, 0) is 86.9 Å². The van der Waals surface area contributed by atoms with Crippen LogP contribution in [0.5, 0.6) is 0 Å². The number of carbonyl (C=O) groups excluding carboxylic acids is 1. The molecule has 4 nitrogen and oxygen atoms in total. The van der Waals surface area contributed by atoms with Crippen molar-refractivity contribution >= 4 is 5.78 Å². The second kappa shape index (κ2) is 5.78. The van der Waals surface area contributed by atoms with Crippen LogP contribution in [0.3, 0.4) is 0 Å². The molecule has 10 atom stereocenters. The van der Waals surface area contributed by atoms with Crippen molar-refractivity contribution in [1.29, 1.82) is 0 Å². The van der Waals surface area contributed by atoms with E-state index in [1.54, 1.807) is 0 Å². The minimum atomic E-state index is -1.32. The lowest BCUT2D eigenvalue weighted by molar-refractivity contribution is -0.203. The van der Waals surface area contributed by atoms with Crippen LogP contribution in [-0.4, -0.2) is 38.9 Å². The maximum atomic E-state index is 12.5. The highest BCUT2D eigenvalue weighted by Crippen LogP contribution is 2.69. The van der Waals surface area contributed by atoms with Gasteiger partial charge in [-0.1, -0.05) is 20.8 Å². The first-order chi connectivity index (χ1) is 12.1. The van der Waals surface area contributed by atoms with E-state index in [0.717, 1.165) is 38.5 Å². The van der Waals surface area contributed by atoms with Gasteiger partial charge in [-0.25, -0.2) is 0 Å². The van der Waals surface area contributed by atoms with Crippen LogP contribution in [0.25, 0.3) is 0 Å². The van der Waals surface area contributed by atoms with Crippen LogP contribution in [0.1, 0.15) is 72.6 Å². The maximum Gasteiger partial charge on any atom is 0.162 e. The predicted molar refractivity (Wildman–Crippen MR) is 99.3 cm³/mol. The SMILES string of the molecule is CC(=O)[C@@]1(O)[C@@H](C)C[C@@H]2[C@@H]3CC[C@H]4C[C@H](O)CC[C@]4(C)[C@@H]3[C@H](O)C[C@@]21C. The number of rotatable bonds is 1. The first kappa shape index (κ1) is 18.9. The smallest absolute Gasteiger partial charge is 0.162 e. The average molecular weight is 365 g/mol. The van der Waals surface area contributed by atoms with Gasteiger partial charge in [0.25, 0.3) is 0 Å². The Morgan fingerprint density at radius 1 is 1.08 bits per heavy atom. The number of hydrogen-bond acceptors (Lipinski definition) is 4. The minimum absolute atomic E-state index is 0.0559. The molecular formula is C22H36O4. The molecule has 0 aromatic rings. The van der Waals surface area contributed by atoms with Crippen LogP contribution < -0.4 is 0 Å². The quantitative estimate of drug-likeness (QED) is 0.668. The molecule has 4 rings (SSSR count). The Balaban J connectivity index is 1.73. The van der Waals surface area contributed by atoms with Crippen molar-refractivity contribution < 1.29 is 20.1 Å². The lowest BCUT2D eigenvalue weighted by Gasteiger charge is -2.62. The summed E-state index contributed by atoms with van der Waals surface area (Å²) in [7, 11) is 0. The molecular weight excluding hydrogens is 328 g/mol. The highest BCUT2D eigenvalue weighted by molar-refractivity contribution is 5.86. The van der Waals surface area contributed by atoms with E-state index in [9.17, 15) is 20.1 Å². The van der Waals surface area contributed by atoms with Crippen molar-refractivity contribution in [2.75, 3.05) is 0 Å². The standard InChI is InChI=1S/C22H36O4/c1-12-9-17-16-6-5-14-10-15(24)7-8-20(14,3)19(16)18(25)11-21(17,4)22(12,26)13(2)23/h12,14-19,24-26H,5-11H2,1-4H3/t12-,14-,15+,16-,17+,18+,19-,20-,21-,22-/m0/s1. The topological polar surface area (TPSA) is 77.8 Å². The zero-order chi connectivity index (χ0) is 19.1.